The first kappa shape index (κ1) is 12.1. The van der Waals surface area contributed by atoms with Crippen molar-refractivity contribution in [2.75, 3.05) is 0 Å². The molecule has 2 aromatic heterocycles. The molecule has 96 valence electrons. The molecule has 1 aliphatic carbocycles. The molecular weight excluding hydrogens is 266 g/mol. The first-order valence-corrected chi connectivity index (χ1v) is 7.53. The second-order valence-electron chi connectivity index (χ2n) is 4.46. The van der Waals surface area contributed by atoms with Crippen LogP contribution in [0, 0.1) is 6.92 Å². The zero-order chi connectivity index (χ0) is 12.5. The number of aryl methyl sites for hydroxylation is 2. The summed E-state index contributed by atoms with van der Waals surface area (Å²) in [7, 11) is 1.98. The summed E-state index contributed by atoms with van der Waals surface area (Å²) in [5.74, 6) is 0. The Hall–Kier alpha value is -0.920. The van der Waals surface area contributed by atoms with Gasteiger partial charge in [-0.05, 0) is 43.1 Å². The van der Waals surface area contributed by atoms with Crippen molar-refractivity contribution in [3.05, 3.63) is 17.6 Å². The van der Waals surface area contributed by atoms with E-state index in [1.165, 1.54) is 29.9 Å². The highest BCUT2D eigenvalue weighted by Gasteiger charge is 2.22. The summed E-state index contributed by atoms with van der Waals surface area (Å²) in [5, 5.41) is 9.21. The molecule has 0 bridgehead atoms. The van der Waals surface area contributed by atoms with Gasteiger partial charge < -0.3 is 5.32 Å². The number of hydrogen-bond acceptors (Lipinski definition) is 6. The molecular formula is C11H15N5S2. The lowest BCUT2D eigenvalue weighted by atomic mass is 10.2. The molecule has 18 heavy (non-hydrogen) atoms. The Morgan fingerprint density at radius 2 is 2.39 bits per heavy atom. The molecule has 0 aliphatic heterocycles. The summed E-state index contributed by atoms with van der Waals surface area (Å²) in [6.07, 6.45) is 4.20. The molecule has 7 heteroatoms. The lowest BCUT2D eigenvalue weighted by Crippen LogP contribution is -2.16. The van der Waals surface area contributed by atoms with Gasteiger partial charge >= 0.3 is 0 Å². The summed E-state index contributed by atoms with van der Waals surface area (Å²) in [4.78, 5) is 4.22. The summed E-state index contributed by atoms with van der Waals surface area (Å²) >= 11 is 3.07. The topological polar surface area (TPSA) is 55.6 Å². The second kappa shape index (κ2) is 4.99. The normalized spacial score (nSPS) is 15.2. The van der Waals surface area contributed by atoms with E-state index in [4.69, 9.17) is 0 Å². The van der Waals surface area contributed by atoms with E-state index in [-0.39, 0.29) is 0 Å². The number of rotatable bonds is 5. The van der Waals surface area contributed by atoms with Crippen LogP contribution in [0.2, 0.25) is 0 Å². The molecule has 1 fully saturated rings. The Bertz CT molecular complexity index is 530. The molecule has 0 radical (unpaired) electrons. The van der Waals surface area contributed by atoms with E-state index in [2.05, 4.69) is 26.7 Å². The van der Waals surface area contributed by atoms with Crippen LogP contribution in [0.1, 0.15) is 24.1 Å². The van der Waals surface area contributed by atoms with Crippen molar-refractivity contribution in [3.63, 3.8) is 0 Å². The third kappa shape index (κ3) is 2.57. The summed E-state index contributed by atoms with van der Waals surface area (Å²) < 4.78 is 6.93. The number of nitrogens with zero attached hydrogens (tertiary/aromatic N) is 4. The van der Waals surface area contributed by atoms with Crippen molar-refractivity contribution in [3.8, 4) is 0 Å². The highest BCUT2D eigenvalue weighted by Crippen LogP contribution is 2.32. The lowest BCUT2D eigenvalue weighted by molar-refractivity contribution is 0.658. The van der Waals surface area contributed by atoms with Gasteiger partial charge in [-0.15, -0.1) is 0 Å². The molecule has 0 aromatic carbocycles. The van der Waals surface area contributed by atoms with Gasteiger partial charge in [0.05, 0.1) is 5.69 Å². The van der Waals surface area contributed by atoms with E-state index >= 15 is 0 Å². The molecule has 0 spiro atoms. The maximum atomic E-state index is 4.50. The maximum Gasteiger partial charge on any atom is 0.175 e. The molecule has 1 aliphatic rings. The molecule has 3 rings (SSSR count). The summed E-state index contributed by atoms with van der Waals surface area (Å²) in [5.41, 5.74) is 2.38. The monoisotopic (exact) mass is 281 g/mol. The van der Waals surface area contributed by atoms with Crippen molar-refractivity contribution in [1.29, 1.82) is 0 Å². The van der Waals surface area contributed by atoms with E-state index < -0.39 is 0 Å². The first-order chi connectivity index (χ1) is 8.74. The molecule has 0 amide bonds. The Kier molecular flexibility index (Phi) is 3.36. The number of nitrogens with one attached hydrogen (secondary N) is 1. The van der Waals surface area contributed by atoms with Gasteiger partial charge in [-0.2, -0.15) is 9.47 Å². The Balaban J connectivity index is 1.81. The lowest BCUT2D eigenvalue weighted by Gasteiger charge is -2.05. The van der Waals surface area contributed by atoms with Crippen molar-refractivity contribution >= 4 is 23.3 Å². The minimum absolute atomic E-state index is 0.712. The Labute approximate surface area is 114 Å². The molecule has 2 aromatic rings. The van der Waals surface area contributed by atoms with E-state index in [0.29, 0.717) is 6.04 Å². The summed E-state index contributed by atoms with van der Waals surface area (Å²) in [6, 6.07) is 0.712. The van der Waals surface area contributed by atoms with Gasteiger partial charge in [-0.3, -0.25) is 4.68 Å². The third-order valence-corrected chi connectivity index (χ3v) is 4.88. The van der Waals surface area contributed by atoms with Crippen LogP contribution in [0.15, 0.2) is 15.7 Å². The van der Waals surface area contributed by atoms with Crippen molar-refractivity contribution in [1.82, 2.24) is 24.5 Å². The van der Waals surface area contributed by atoms with Gasteiger partial charge in [0.15, 0.2) is 4.34 Å². The van der Waals surface area contributed by atoms with Crippen LogP contribution < -0.4 is 5.32 Å². The Morgan fingerprint density at radius 1 is 1.56 bits per heavy atom. The molecule has 0 unspecified atom stereocenters. The summed E-state index contributed by atoms with van der Waals surface area (Å²) in [6.45, 7) is 2.96. The predicted molar refractivity (Wildman–Crippen MR) is 71.8 cm³/mol. The predicted octanol–water partition coefficient (Wildman–Crippen LogP) is 1.98. The minimum Gasteiger partial charge on any atom is -0.310 e. The fourth-order valence-electron chi connectivity index (χ4n) is 1.84. The van der Waals surface area contributed by atoms with Crippen molar-refractivity contribution in [2.45, 2.75) is 41.7 Å². The van der Waals surface area contributed by atoms with Gasteiger partial charge in [-0.1, -0.05) is 0 Å². The van der Waals surface area contributed by atoms with Gasteiger partial charge in [0, 0.05) is 25.2 Å². The smallest absolute Gasteiger partial charge is 0.175 e. The third-order valence-electron chi connectivity index (χ3n) is 2.96. The molecule has 2 heterocycles. The SMILES string of the molecule is Cc1nn(C)c(Sc2ncns2)c1CNC1CC1. The average Bonchev–Trinajstić information content (AvgIpc) is 2.95. The fraction of sp³-hybridized carbons (Fsp3) is 0.545. The van der Waals surface area contributed by atoms with Crippen LogP contribution >= 0.6 is 23.3 Å². The highest BCUT2D eigenvalue weighted by atomic mass is 32.2. The van der Waals surface area contributed by atoms with E-state index in [9.17, 15) is 0 Å². The zero-order valence-corrected chi connectivity index (χ0v) is 12.0. The van der Waals surface area contributed by atoms with E-state index in [0.717, 1.165) is 21.6 Å². The minimum atomic E-state index is 0.712. The maximum absolute atomic E-state index is 4.50. The van der Waals surface area contributed by atoms with Crippen LogP contribution in [0.5, 0.6) is 0 Å². The largest absolute Gasteiger partial charge is 0.310 e. The average molecular weight is 281 g/mol. The van der Waals surface area contributed by atoms with Crippen molar-refractivity contribution < 1.29 is 0 Å². The number of aromatic nitrogens is 4. The molecule has 0 atom stereocenters. The Morgan fingerprint density at radius 3 is 3.06 bits per heavy atom. The van der Waals surface area contributed by atoms with Gasteiger partial charge in [-0.25, -0.2) is 4.98 Å². The fourth-order valence-corrected chi connectivity index (χ4v) is 3.41. The van der Waals surface area contributed by atoms with Crippen LogP contribution in [0.3, 0.4) is 0 Å². The van der Waals surface area contributed by atoms with E-state index in [1.54, 1.807) is 18.1 Å². The van der Waals surface area contributed by atoms with Gasteiger partial charge in [0.25, 0.3) is 0 Å². The van der Waals surface area contributed by atoms with Gasteiger partial charge in [0.1, 0.15) is 11.4 Å². The number of hydrogen-bond donors (Lipinski definition) is 1. The van der Waals surface area contributed by atoms with Crippen LogP contribution in [0.25, 0.3) is 0 Å². The highest BCUT2D eigenvalue weighted by molar-refractivity contribution is 8.00. The van der Waals surface area contributed by atoms with Crippen LogP contribution in [-0.4, -0.2) is 25.2 Å². The first-order valence-electron chi connectivity index (χ1n) is 5.94. The van der Waals surface area contributed by atoms with Crippen LogP contribution in [0.4, 0.5) is 0 Å². The quantitative estimate of drug-likeness (QED) is 0.908. The molecule has 1 N–H and O–H groups in total. The molecule has 1 saturated carbocycles. The zero-order valence-electron chi connectivity index (χ0n) is 10.4. The second-order valence-corrected chi connectivity index (χ2v) is 6.47. The van der Waals surface area contributed by atoms with Crippen molar-refractivity contribution in [2.24, 2.45) is 7.05 Å². The van der Waals surface area contributed by atoms with Gasteiger partial charge in [0.2, 0.25) is 0 Å². The molecule has 0 saturated heterocycles. The standard InChI is InChI=1S/C11H15N5S2/c1-7-9(5-12-8-3-4-8)10(16(2)15-7)17-11-13-6-14-18-11/h6,8,12H,3-5H2,1-2H3. The molecule has 5 nitrogen and oxygen atoms in total. The van der Waals surface area contributed by atoms with E-state index in [1.807, 2.05) is 11.7 Å². The van der Waals surface area contributed by atoms with Crippen LogP contribution in [-0.2, 0) is 13.6 Å².